The van der Waals surface area contributed by atoms with Gasteiger partial charge in [0, 0.05) is 45.5 Å². The maximum Gasteiger partial charge on any atom is 0.0826 e. The molecule has 1 aliphatic rings. The molecule has 1 fully saturated rings. The molecule has 102 valence electrons. The van der Waals surface area contributed by atoms with Gasteiger partial charge in [-0.15, -0.1) is 0 Å². The van der Waals surface area contributed by atoms with E-state index >= 15 is 0 Å². The van der Waals surface area contributed by atoms with Crippen molar-refractivity contribution in [1.82, 2.24) is 20.0 Å². The summed E-state index contributed by atoms with van der Waals surface area (Å²) in [6, 6.07) is 2.64. The van der Waals surface area contributed by atoms with Crippen molar-refractivity contribution in [2.45, 2.75) is 32.5 Å². The van der Waals surface area contributed by atoms with Crippen LogP contribution in [0, 0.1) is 0 Å². The molecular weight excluding hydrogens is 228 g/mol. The number of aryl methyl sites for hydroxylation is 1. The van der Waals surface area contributed by atoms with Crippen molar-refractivity contribution >= 4 is 0 Å². The largest absolute Gasteiger partial charge is 0.374 e. The monoisotopic (exact) mass is 252 g/mol. The predicted octanol–water partition coefficient (Wildman–Crippen LogP) is 0.619. The number of nitrogens with zero attached hydrogens (tertiary/aromatic N) is 3. The average molecular weight is 252 g/mol. The van der Waals surface area contributed by atoms with Crippen molar-refractivity contribution < 1.29 is 4.74 Å². The summed E-state index contributed by atoms with van der Waals surface area (Å²) >= 11 is 0. The van der Waals surface area contributed by atoms with Gasteiger partial charge >= 0.3 is 0 Å². The molecule has 1 aromatic rings. The summed E-state index contributed by atoms with van der Waals surface area (Å²) in [4.78, 5) is 2.47. The molecule has 0 bridgehead atoms. The summed E-state index contributed by atoms with van der Waals surface area (Å²) in [7, 11) is 1.94. The van der Waals surface area contributed by atoms with Gasteiger partial charge in [0.15, 0.2) is 0 Å². The summed E-state index contributed by atoms with van der Waals surface area (Å²) < 4.78 is 7.60. The number of hydrogen-bond acceptors (Lipinski definition) is 4. The second-order valence-corrected chi connectivity index (χ2v) is 5.19. The molecule has 1 unspecified atom stereocenters. The molecule has 2 rings (SSSR count). The first-order valence-corrected chi connectivity index (χ1v) is 6.70. The fraction of sp³-hybridized carbons (Fsp3) is 0.769. The van der Waals surface area contributed by atoms with Gasteiger partial charge in [-0.05, 0) is 19.9 Å². The Hall–Kier alpha value is -0.910. The average Bonchev–Trinajstić information content (AvgIpc) is 2.75. The van der Waals surface area contributed by atoms with Crippen molar-refractivity contribution in [1.29, 1.82) is 0 Å². The van der Waals surface area contributed by atoms with E-state index in [-0.39, 0.29) is 0 Å². The number of morpholine rings is 1. The first kappa shape index (κ1) is 13.5. The lowest BCUT2D eigenvalue weighted by Crippen LogP contribution is -2.48. The van der Waals surface area contributed by atoms with Crippen LogP contribution in [0.15, 0.2) is 12.3 Å². The zero-order chi connectivity index (χ0) is 13.0. The molecule has 0 saturated carbocycles. The van der Waals surface area contributed by atoms with Crippen LogP contribution in [0.5, 0.6) is 0 Å². The molecule has 1 aliphatic heterocycles. The highest BCUT2D eigenvalue weighted by atomic mass is 16.5. The van der Waals surface area contributed by atoms with Gasteiger partial charge in [-0.3, -0.25) is 9.58 Å². The Kier molecular flexibility index (Phi) is 4.74. The van der Waals surface area contributed by atoms with Crippen molar-refractivity contribution in [2.75, 3.05) is 26.2 Å². The van der Waals surface area contributed by atoms with E-state index in [1.807, 2.05) is 24.0 Å². The third-order valence-electron chi connectivity index (χ3n) is 3.35. The number of aromatic nitrogens is 2. The highest BCUT2D eigenvalue weighted by Gasteiger charge is 2.21. The van der Waals surface area contributed by atoms with Crippen LogP contribution in [0.25, 0.3) is 0 Å². The van der Waals surface area contributed by atoms with Gasteiger partial charge in [0.1, 0.15) is 0 Å². The zero-order valence-electron chi connectivity index (χ0n) is 11.6. The van der Waals surface area contributed by atoms with Crippen LogP contribution < -0.4 is 5.32 Å². The smallest absolute Gasteiger partial charge is 0.0826 e. The SMILES string of the molecule is CC(C)N1CCOC(CNCc2ccn(C)n2)C1. The number of rotatable bonds is 5. The van der Waals surface area contributed by atoms with Crippen molar-refractivity contribution in [3.05, 3.63) is 18.0 Å². The zero-order valence-corrected chi connectivity index (χ0v) is 11.6. The Labute approximate surface area is 109 Å². The summed E-state index contributed by atoms with van der Waals surface area (Å²) in [5, 5.41) is 7.76. The standard InChI is InChI=1S/C13H24N4O/c1-11(2)17-6-7-18-13(10-17)9-14-8-12-4-5-16(3)15-12/h4-5,11,13-14H,6-10H2,1-3H3. The molecule has 0 amide bonds. The molecule has 1 aromatic heterocycles. The Morgan fingerprint density at radius 2 is 2.39 bits per heavy atom. The second kappa shape index (κ2) is 6.31. The second-order valence-electron chi connectivity index (χ2n) is 5.19. The van der Waals surface area contributed by atoms with E-state index in [2.05, 4.69) is 29.2 Å². The molecule has 18 heavy (non-hydrogen) atoms. The van der Waals surface area contributed by atoms with E-state index < -0.39 is 0 Å². The van der Waals surface area contributed by atoms with E-state index in [0.717, 1.165) is 38.5 Å². The molecule has 0 spiro atoms. The molecule has 5 heteroatoms. The van der Waals surface area contributed by atoms with Crippen molar-refractivity contribution in [3.8, 4) is 0 Å². The van der Waals surface area contributed by atoms with Crippen LogP contribution >= 0.6 is 0 Å². The minimum absolute atomic E-state index is 0.296. The Bertz CT molecular complexity index is 364. The fourth-order valence-electron chi connectivity index (χ4n) is 2.25. The highest BCUT2D eigenvalue weighted by Crippen LogP contribution is 2.08. The van der Waals surface area contributed by atoms with E-state index in [4.69, 9.17) is 4.74 Å². The third kappa shape index (κ3) is 3.80. The van der Waals surface area contributed by atoms with Gasteiger partial charge in [0.05, 0.1) is 18.4 Å². The van der Waals surface area contributed by atoms with Crippen LogP contribution in [0.1, 0.15) is 19.5 Å². The first-order chi connectivity index (χ1) is 8.65. The molecular formula is C13H24N4O. The number of hydrogen-bond donors (Lipinski definition) is 1. The predicted molar refractivity (Wildman–Crippen MR) is 71.4 cm³/mol. The normalized spacial score (nSPS) is 21.7. The molecule has 0 radical (unpaired) electrons. The number of ether oxygens (including phenoxy) is 1. The van der Waals surface area contributed by atoms with E-state index in [9.17, 15) is 0 Å². The summed E-state index contributed by atoms with van der Waals surface area (Å²) in [5.74, 6) is 0. The van der Waals surface area contributed by atoms with Crippen LogP contribution in [0.4, 0.5) is 0 Å². The lowest BCUT2D eigenvalue weighted by Gasteiger charge is -2.35. The van der Waals surface area contributed by atoms with Gasteiger partial charge in [0.2, 0.25) is 0 Å². The fourth-order valence-corrected chi connectivity index (χ4v) is 2.25. The maximum atomic E-state index is 5.77. The quantitative estimate of drug-likeness (QED) is 0.834. The lowest BCUT2D eigenvalue weighted by atomic mass is 10.2. The van der Waals surface area contributed by atoms with Crippen LogP contribution in [0.2, 0.25) is 0 Å². The van der Waals surface area contributed by atoms with Crippen molar-refractivity contribution in [2.24, 2.45) is 7.05 Å². The topological polar surface area (TPSA) is 42.3 Å². The summed E-state index contributed by atoms with van der Waals surface area (Å²) in [6.07, 6.45) is 2.26. The summed E-state index contributed by atoms with van der Waals surface area (Å²) in [6.45, 7) is 9.09. The van der Waals surface area contributed by atoms with E-state index in [1.54, 1.807) is 0 Å². The van der Waals surface area contributed by atoms with Gasteiger partial charge in [-0.25, -0.2) is 0 Å². The first-order valence-electron chi connectivity index (χ1n) is 6.70. The van der Waals surface area contributed by atoms with Crippen LogP contribution in [-0.2, 0) is 18.3 Å². The highest BCUT2D eigenvalue weighted by molar-refractivity contribution is 4.98. The molecule has 1 atom stereocenters. The lowest BCUT2D eigenvalue weighted by molar-refractivity contribution is -0.0372. The van der Waals surface area contributed by atoms with Gasteiger partial charge < -0.3 is 10.1 Å². The van der Waals surface area contributed by atoms with E-state index in [0.29, 0.717) is 12.1 Å². The Morgan fingerprint density at radius 3 is 3.06 bits per heavy atom. The molecule has 2 heterocycles. The third-order valence-corrected chi connectivity index (χ3v) is 3.35. The van der Waals surface area contributed by atoms with Gasteiger partial charge in [0.25, 0.3) is 0 Å². The van der Waals surface area contributed by atoms with Crippen LogP contribution in [-0.4, -0.2) is 53.1 Å². The minimum Gasteiger partial charge on any atom is -0.374 e. The molecule has 1 N–H and O–H groups in total. The van der Waals surface area contributed by atoms with Gasteiger partial charge in [-0.1, -0.05) is 0 Å². The number of nitrogens with one attached hydrogen (secondary N) is 1. The minimum atomic E-state index is 0.296. The molecule has 0 aromatic carbocycles. The molecule has 1 saturated heterocycles. The maximum absolute atomic E-state index is 5.77. The molecule has 5 nitrogen and oxygen atoms in total. The summed E-state index contributed by atoms with van der Waals surface area (Å²) in [5.41, 5.74) is 1.08. The Balaban J connectivity index is 1.70. The van der Waals surface area contributed by atoms with E-state index in [1.165, 1.54) is 0 Å². The molecule has 0 aliphatic carbocycles. The van der Waals surface area contributed by atoms with Crippen molar-refractivity contribution in [3.63, 3.8) is 0 Å². The van der Waals surface area contributed by atoms with Gasteiger partial charge in [-0.2, -0.15) is 5.10 Å². The van der Waals surface area contributed by atoms with Crippen LogP contribution in [0.3, 0.4) is 0 Å². The Morgan fingerprint density at radius 1 is 1.56 bits per heavy atom.